The summed E-state index contributed by atoms with van der Waals surface area (Å²) in [5.74, 6) is -0.665. The van der Waals surface area contributed by atoms with Crippen LogP contribution in [0.5, 0.6) is 0 Å². The van der Waals surface area contributed by atoms with Crippen LogP contribution in [0.25, 0.3) is 0 Å². The van der Waals surface area contributed by atoms with E-state index in [4.69, 9.17) is 5.11 Å². The molecule has 0 radical (unpaired) electrons. The second-order valence-corrected chi connectivity index (χ2v) is 2.31. The lowest BCUT2D eigenvalue weighted by atomic mass is 10.1. The van der Waals surface area contributed by atoms with Crippen molar-refractivity contribution in [1.82, 2.24) is 0 Å². The summed E-state index contributed by atoms with van der Waals surface area (Å²) in [7, 11) is 0. The van der Waals surface area contributed by atoms with Crippen LogP contribution in [0.1, 0.15) is 17.6 Å². The zero-order valence-corrected chi connectivity index (χ0v) is 6.10. The number of alkyl halides is 2. The van der Waals surface area contributed by atoms with Gasteiger partial charge in [-0.2, -0.15) is 0 Å². The Morgan fingerprint density at radius 3 is 2.50 bits per heavy atom. The summed E-state index contributed by atoms with van der Waals surface area (Å²) in [6.45, 7) is -0.563. The van der Waals surface area contributed by atoms with Gasteiger partial charge in [-0.1, -0.05) is 6.07 Å². The van der Waals surface area contributed by atoms with Crippen molar-refractivity contribution in [3.05, 3.63) is 35.1 Å². The molecule has 4 heteroatoms. The first-order chi connectivity index (χ1) is 5.65. The monoisotopic (exact) mass is 176 g/mol. The fraction of sp³-hybridized carbons (Fsp3) is 0.250. The summed E-state index contributed by atoms with van der Waals surface area (Å²) in [5, 5.41) is 8.54. The molecule has 66 valence electrons. The lowest BCUT2D eigenvalue weighted by molar-refractivity contribution is 0.151. The largest absolute Gasteiger partial charge is 0.392 e. The van der Waals surface area contributed by atoms with E-state index in [2.05, 4.69) is 0 Å². The molecule has 0 spiro atoms. The Labute approximate surface area is 67.5 Å². The molecule has 12 heavy (non-hydrogen) atoms. The van der Waals surface area contributed by atoms with E-state index in [9.17, 15) is 13.2 Å². The molecule has 0 aliphatic carbocycles. The van der Waals surface area contributed by atoms with E-state index < -0.39 is 18.8 Å². The molecule has 0 heterocycles. The van der Waals surface area contributed by atoms with Crippen LogP contribution >= 0.6 is 0 Å². The summed E-state index contributed by atoms with van der Waals surface area (Å²) in [6, 6.07) is 2.88. The van der Waals surface area contributed by atoms with Gasteiger partial charge in [0.1, 0.15) is 5.82 Å². The molecule has 0 aliphatic rings. The van der Waals surface area contributed by atoms with Crippen molar-refractivity contribution >= 4 is 0 Å². The number of rotatable bonds is 2. The molecule has 0 saturated heterocycles. The van der Waals surface area contributed by atoms with Gasteiger partial charge in [-0.05, 0) is 12.1 Å². The second kappa shape index (κ2) is 3.58. The molecule has 0 aliphatic heterocycles. The molecule has 1 aromatic carbocycles. The van der Waals surface area contributed by atoms with Crippen LogP contribution in [0, 0.1) is 5.82 Å². The van der Waals surface area contributed by atoms with Crippen LogP contribution in [-0.4, -0.2) is 5.11 Å². The summed E-state index contributed by atoms with van der Waals surface area (Å²) < 4.78 is 36.7. The van der Waals surface area contributed by atoms with Gasteiger partial charge >= 0.3 is 0 Å². The summed E-state index contributed by atoms with van der Waals surface area (Å²) in [6.07, 6.45) is -2.63. The molecular weight excluding hydrogens is 169 g/mol. The number of hydrogen-bond donors (Lipinski definition) is 1. The van der Waals surface area contributed by atoms with Crippen molar-refractivity contribution in [2.24, 2.45) is 0 Å². The van der Waals surface area contributed by atoms with Crippen molar-refractivity contribution in [1.29, 1.82) is 0 Å². The third-order valence-corrected chi connectivity index (χ3v) is 1.49. The van der Waals surface area contributed by atoms with Gasteiger partial charge in [0.05, 0.1) is 6.61 Å². The van der Waals surface area contributed by atoms with E-state index in [0.717, 1.165) is 18.2 Å². The normalized spacial score (nSPS) is 10.8. The Kier molecular flexibility index (Phi) is 2.70. The lowest BCUT2D eigenvalue weighted by Gasteiger charge is -2.02. The van der Waals surface area contributed by atoms with Gasteiger partial charge in [0.25, 0.3) is 6.43 Å². The fourth-order valence-electron chi connectivity index (χ4n) is 0.852. The molecular formula is C8H7F3O. The third kappa shape index (κ3) is 1.76. The van der Waals surface area contributed by atoms with Gasteiger partial charge in [0.15, 0.2) is 0 Å². The van der Waals surface area contributed by atoms with E-state index >= 15 is 0 Å². The first-order valence-corrected chi connectivity index (χ1v) is 3.32. The van der Waals surface area contributed by atoms with E-state index in [1.165, 1.54) is 0 Å². The molecule has 0 bridgehead atoms. The quantitative estimate of drug-likeness (QED) is 0.732. The highest BCUT2D eigenvalue weighted by Gasteiger charge is 2.09. The van der Waals surface area contributed by atoms with E-state index in [-0.39, 0.29) is 11.1 Å². The minimum Gasteiger partial charge on any atom is -0.392 e. The summed E-state index contributed by atoms with van der Waals surface area (Å²) in [4.78, 5) is 0. The second-order valence-electron chi connectivity index (χ2n) is 2.31. The Bertz CT molecular complexity index is 273. The molecule has 1 aromatic rings. The SMILES string of the molecule is OCc1cc(C(F)F)ccc1F. The predicted octanol–water partition coefficient (Wildman–Crippen LogP) is 2.26. The van der Waals surface area contributed by atoms with Gasteiger partial charge in [0, 0.05) is 11.1 Å². The Balaban J connectivity index is 3.05. The third-order valence-electron chi connectivity index (χ3n) is 1.49. The highest BCUT2D eigenvalue weighted by molar-refractivity contribution is 5.25. The average molecular weight is 176 g/mol. The van der Waals surface area contributed by atoms with Gasteiger partial charge in [-0.3, -0.25) is 0 Å². The summed E-state index contributed by atoms with van der Waals surface area (Å²) >= 11 is 0. The van der Waals surface area contributed by atoms with Crippen molar-refractivity contribution in [2.75, 3.05) is 0 Å². The molecule has 0 atom stereocenters. The maximum absolute atomic E-state index is 12.6. The van der Waals surface area contributed by atoms with Crippen molar-refractivity contribution < 1.29 is 18.3 Å². The van der Waals surface area contributed by atoms with E-state index in [0.29, 0.717) is 0 Å². The maximum Gasteiger partial charge on any atom is 0.263 e. The summed E-state index contributed by atoms with van der Waals surface area (Å²) in [5.41, 5.74) is -0.381. The van der Waals surface area contributed by atoms with E-state index in [1.807, 2.05) is 0 Å². The zero-order valence-electron chi connectivity index (χ0n) is 6.10. The smallest absolute Gasteiger partial charge is 0.263 e. The number of aliphatic hydroxyl groups is 1. The average Bonchev–Trinajstić information content (AvgIpc) is 2.05. The van der Waals surface area contributed by atoms with E-state index in [1.54, 1.807) is 0 Å². The number of benzene rings is 1. The molecule has 0 aromatic heterocycles. The molecule has 0 fully saturated rings. The van der Waals surface area contributed by atoms with Crippen molar-refractivity contribution in [3.63, 3.8) is 0 Å². The van der Waals surface area contributed by atoms with Crippen LogP contribution < -0.4 is 0 Å². The van der Waals surface area contributed by atoms with Gasteiger partial charge in [-0.15, -0.1) is 0 Å². The highest BCUT2D eigenvalue weighted by atomic mass is 19.3. The molecule has 0 unspecified atom stereocenters. The first kappa shape index (κ1) is 9.06. The minimum absolute atomic E-state index is 0.104. The van der Waals surface area contributed by atoms with Crippen LogP contribution in [0.15, 0.2) is 18.2 Å². The number of hydrogen-bond acceptors (Lipinski definition) is 1. The molecule has 1 rings (SSSR count). The highest BCUT2D eigenvalue weighted by Crippen LogP contribution is 2.21. The Hall–Kier alpha value is -1.03. The van der Waals surface area contributed by atoms with Gasteiger partial charge < -0.3 is 5.11 Å². The van der Waals surface area contributed by atoms with Crippen LogP contribution in [0.3, 0.4) is 0 Å². The van der Waals surface area contributed by atoms with Gasteiger partial charge in [0.2, 0.25) is 0 Å². The van der Waals surface area contributed by atoms with Gasteiger partial charge in [-0.25, -0.2) is 13.2 Å². The molecule has 0 saturated carbocycles. The van der Waals surface area contributed by atoms with Crippen molar-refractivity contribution in [2.45, 2.75) is 13.0 Å². The molecule has 0 amide bonds. The Morgan fingerprint density at radius 2 is 2.00 bits per heavy atom. The number of aliphatic hydroxyl groups excluding tert-OH is 1. The topological polar surface area (TPSA) is 20.2 Å². The fourth-order valence-corrected chi connectivity index (χ4v) is 0.852. The predicted molar refractivity (Wildman–Crippen MR) is 37.3 cm³/mol. The zero-order chi connectivity index (χ0) is 9.14. The van der Waals surface area contributed by atoms with Crippen molar-refractivity contribution in [3.8, 4) is 0 Å². The first-order valence-electron chi connectivity index (χ1n) is 3.32. The number of halogens is 3. The lowest BCUT2D eigenvalue weighted by Crippen LogP contribution is -1.93. The maximum atomic E-state index is 12.6. The Morgan fingerprint density at radius 1 is 1.33 bits per heavy atom. The standard InChI is InChI=1S/C8H7F3O/c9-7-2-1-5(8(10)11)3-6(7)4-12/h1-3,8,12H,4H2. The minimum atomic E-state index is -2.63. The van der Waals surface area contributed by atoms with Crippen LogP contribution in [0.2, 0.25) is 0 Å². The van der Waals surface area contributed by atoms with Crippen LogP contribution in [-0.2, 0) is 6.61 Å². The molecule has 1 nitrogen and oxygen atoms in total. The van der Waals surface area contributed by atoms with Crippen LogP contribution in [0.4, 0.5) is 13.2 Å². The molecule has 1 N–H and O–H groups in total.